The summed E-state index contributed by atoms with van der Waals surface area (Å²) in [5, 5.41) is 10.8. The number of nitrogens with zero attached hydrogens (tertiary/aromatic N) is 1. The van der Waals surface area contributed by atoms with Crippen LogP contribution in [-0.2, 0) is 14.3 Å². The highest BCUT2D eigenvalue weighted by atomic mass is 16.6. The van der Waals surface area contributed by atoms with E-state index in [1.165, 1.54) is 24.7 Å². The Balaban J connectivity index is 1.66. The van der Waals surface area contributed by atoms with Gasteiger partial charge in [-0.15, -0.1) is 0 Å². The summed E-state index contributed by atoms with van der Waals surface area (Å²) in [6.45, 7) is 4.66. The zero-order chi connectivity index (χ0) is 19.7. The maximum absolute atomic E-state index is 12.7. The third kappa shape index (κ3) is 2.27. The molecule has 0 aromatic carbocycles. The van der Waals surface area contributed by atoms with Crippen LogP contribution in [0.1, 0.15) is 58.3 Å². The summed E-state index contributed by atoms with van der Waals surface area (Å²) in [6.07, 6.45) is 7.51. The second kappa shape index (κ2) is 6.16. The first-order valence-corrected chi connectivity index (χ1v) is 11.0. The minimum Gasteiger partial charge on any atom is -0.466 e. The Morgan fingerprint density at radius 1 is 1.32 bits per heavy atom. The number of ether oxygens (including phenoxy) is 2. The number of rotatable bonds is 2. The van der Waals surface area contributed by atoms with Crippen molar-refractivity contribution in [3.8, 4) is 0 Å². The highest BCUT2D eigenvalue weighted by molar-refractivity contribution is 5.92. The molecular weight excluding hydrogens is 354 g/mol. The Bertz CT molecular complexity index is 773. The molecule has 5 aliphatic rings. The van der Waals surface area contributed by atoms with E-state index in [0.29, 0.717) is 25.4 Å². The number of esters is 1. The topological polar surface area (TPSA) is 59.0 Å². The van der Waals surface area contributed by atoms with Crippen molar-refractivity contribution in [2.24, 2.45) is 16.7 Å². The molecule has 28 heavy (non-hydrogen) atoms. The van der Waals surface area contributed by atoms with Crippen molar-refractivity contribution in [1.82, 2.24) is 4.90 Å². The van der Waals surface area contributed by atoms with E-state index in [2.05, 4.69) is 11.9 Å². The van der Waals surface area contributed by atoms with Crippen molar-refractivity contribution < 1.29 is 19.4 Å². The lowest BCUT2D eigenvalue weighted by Crippen LogP contribution is -2.64. The van der Waals surface area contributed by atoms with Crippen LogP contribution in [0.5, 0.6) is 0 Å². The van der Waals surface area contributed by atoms with Gasteiger partial charge in [0.05, 0.1) is 13.7 Å². The van der Waals surface area contributed by atoms with Gasteiger partial charge in [-0.3, -0.25) is 0 Å². The predicted octanol–water partition coefficient (Wildman–Crippen LogP) is 3.19. The molecule has 0 aromatic rings. The molecule has 2 fully saturated rings. The molecule has 0 amide bonds. The van der Waals surface area contributed by atoms with Crippen molar-refractivity contribution in [3.63, 3.8) is 0 Å². The molecule has 2 bridgehead atoms. The minimum atomic E-state index is -0.985. The number of methoxy groups -OCH3 is 1. The van der Waals surface area contributed by atoms with E-state index in [-0.39, 0.29) is 16.8 Å². The van der Waals surface area contributed by atoms with Crippen LogP contribution in [-0.4, -0.2) is 55.6 Å². The number of hydrogen-bond acceptors (Lipinski definition) is 5. The van der Waals surface area contributed by atoms with Gasteiger partial charge in [-0.2, -0.15) is 0 Å². The Kier molecular flexibility index (Phi) is 4.15. The first-order valence-electron chi connectivity index (χ1n) is 11.0. The smallest absolute Gasteiger partial charge is 0.334 e. The van der Waals surface area contributed by atoms with Gasteiger partial charge in [0, 0.05) is 35.9 Å². The summed E-state index contributed by atoms with van der Waals surface area (Å²) in [5.41, 5.74) is 5.21. The van der Waals surface area contributed by atoms with Gasteiger partial charge in [-0.1, -0.05) is 12.5 Å². The second-order valence-corrected chi connectivity index (χ2v) is 9.86. The largest absolute Gasteiger partial charge is 0.466 e. The van der Waals surface area contributed by atoms with Crippen molar-refractivity contribution in [2.75, 3.05) is 33.9 Å². The SMILES string of the molecule is CCC1(O)CCC2(CO1)C1CCC3=C4C(=C(C(=O)OC)CC42CN(C)C1)CC3. The molecule has 4 atom stereocenters. The van der Waals surface area contributed by atoms with Gasteiger partial charge in [0.15, 0.2) is 5.79 Å². The van der Waals surface area contributed by atoms with Crippen molar-refractivity contribution in [2.45, 2.75) is 64.1 Å². The fraction of sp³-hybridized carbons (Fsp3) is 0.783. The summed E-state index contributed by atoms with van der Waals surface area (Å²) >= 11 is 0. The van der Waals surface area contributed by atoms with Gasteiger partial charge in [0.1, 0.15) is 0 Å². The average molecular weight is 388 g/mol. The monoisotopic (exact) mass is 387 g/mol. The third-order valence-corrected chi connectivity index (χ3v) is 8.80. The van der Waals surface area contributed by atoms with E-state index in [9.17, 15) is 9.90 Å². The molecular formula is C23H33NO4. The maximum Gasteiger partial charge on any atom is 0.334 e. The van der Waals surface area contributed by atoms with Gasteiger partial charge in [0.25, 0.3) is 0 Å². The van der Waals surface area contributed by atoms with E-state index in [0.717, 1.165) is 50.8 Å². The molecule has 0 aromatic heterocycles. The van der Waals surface area contributed by atoms with Gasteiger partial charge in [0.2, 0.25) is 0 Å². The average Bonchev–Trinajstić information content (AvgIpc) is 3.23. The summed E-state index contributed by atoms with van der Waals surface area (Å²) < 4.78 is 11.4. The van der Waals surface area contributed by atoms with Crippen LogP contribution in [0.25, 0.3) is 0 Å². The zero-order valence-corrected chi connectivity index (χ0v) is 17.5. The first-order chi connectivity index (χ1) is 13.4. The van der Waals surface area contributed by atoms with Gasteiger partial charge < -0.3 is 19.5 Å². The number of allylic oxidation sites excluding steroid dienone is 2. The van der Waals surface area contributed by atoms with E-state index in [4.69, 9.17) is 9.47 Å². The van der Waals surface area contributed by atoms with Gasteiger partial charge in [-0.25, -0.2) is 4.79 Å². The number of carbonyl (C=O) groups is 1. The third-order valence-electron chi connectivity index (χ3n) is 8.80. The van der Waals surface area contributed by atoms with E-state index in [1.54, 1.807) is 5.57 Å². The molecule has 1 N–H and O–H groups in total. The summed E-state index contributed by atoms with van der Waals surface area (Å²) in [7, 11) is 3.73. The van der Waals surface area contributed by atoms with E-state index >= 15 is 0 Å². The number of hydrogen-bond donors (Lipinski definition) is 1. The molecule has 2 spiro atoms. The molecule has 3 aliphatic carbocycles. The summed E-state index contributed by atoms with van der Waals surface area (Å²) in [4.78, 5) is 15.2. The van der Waals surface area contributed by atoms with Crippen LogP contribution in [0, 0.1) is 16.7 Å². The maximum atomic E-state index is 12.7. The lowest BCUT2D eigenvalue weighted by molar-refractivity contribution is -0.283. The highest BCUT2D eigenvalue weighted by Gasteiger charge is 2.67. The Labute approximate surface area is 167 Å². The standard InChI is InChI=1S/C23H33NO4/c1-4-23(26)10-9-21(14-28-23)16-7-5-15-6-8-17-18(20(25)27-3)11-22(21,19(15)17)13-24(2)12-16/h16,26H,4-14H2,1-3H3. The molecule has 5 heteroatoms. The van der Waals surface area contributed by atoms with E-state index in [1.807, 2.05) is 6.92 Å². The molecule has 2 heterocycles. The number of piperidine rings is 1. The predicted molar refractivity (Wildman–Crippen MR) is 105 cm³/mol. The molecule has 154 valence electrons. The number of aliphatic hydroxyl groups is 1. The first kappa shape index (κ1) is 18.8. The highest BCUT2D eigenvalue weighted by Crippen LogP contribution is 2.70. The molecule has 2 aliphatic heterocycles. The Hall–Kier alpha value is -1.17. The van der Waals surface area contributed by atoms with Crippen LogP contribution in [0.2, 0.25) is 0 Å². The van der Waals surface area contributed by atoms with Crippen LogP contribution >= 0.6 is 0 Å². The van der Waals surface area contributed by atoms with Gasteiger partial charge in [-0.05, 0) is 69.1 Å². The van der Waals surface area contributed by atoms with Crippen LogP contribution < -0.4 is 0 Å². The summed E-state index contributed by atoms with van der Waals surface area (Å²) in [5.74, 6) is -0.592. The number of likely N-dealkylation sites (tertiary alicyclic amines) is 1. The Morgan fingerprint density at radius 2 is 2.14 bits per heavy atom. The van der Waals surface area contributed by atoms with Gasteiger partial charge >= 0.3 is 5.97 Å². The van der Waals surface area contributed by atoms with Crippen molar-refractivity contribution >= 4 is 5.97 Å². The van der Waals surface area contributed by atoms with Crippen LogP contribution in [0.4, 0.5) is 0 Å². The molecule has 2 saturated heterocycles. The lowest BCUT2D eigenvalue weighted by atomic mass is 9.50. The van der Waals surface area contributed by atoms with Crippen LogP contribution in [0.15, 0.2) is 22.3 Å². The summed E-state index contributed by atoms with van der Waals surface area (Å²) in [6, 6.07) is 0. The fourth-order valence-electron chi connectivity index (χ4n) is 7.44. The molecule has 0 saturated carbocycles. The molecule has 0 radical (unpaired) electrons. The number of carbonyl (C=O) groups excluding carboxylic acids is 1. The lowest BCUT2D eigenvalue weighted by Gasteiger charge is -2.61. The molecule has 4 unspecified atom stereocenters. The second-order valence-electron chi connectivity index (χ2n) is 9.86. The van der Waals surface area contributed by atoms with E-state index < -0.39 is 5.79 Å². The van der Waals surface area contributed by atoms with Crippen molar-refractivity contribution in [3.05, 3.63) is 22.3 Å². The minimum absolute atomic E-state index is 0.00333. The van der Waals surface area contributed by atoms with Crippen LogP contribution in [0.3, 0.4) is 0 Å². The quantitative estimate of drug-likeness (QED) is 0.738. The normalized spacial score (nSPS) is 42.8. The Morgan fingerprint density at radius 3 is 2.82 bits per heavy atom. The fourth-order valence-corrected chi connectivity index (χ4v) is 7.44. The van der Waals surface area contributed by atoms with Crippen molar-refractivity contribution in [1.29, 1.82) is 0 Å². The zero-order valence-electron chi connectivity index (χ0n) is 17.5. The molecule has 5 rings (SSSR count). The molecule has 5 nitrogen and oxygen atoms in total.